The lowest BCUT2D eigenvalue weighted by Gasteiger charge is -2.08. The van der Waals surface area contributed by atoms with E-state index >= 15 is 0 Å². The molecule has 1 aliphatic heterocycles. The summed E-state index contributed by atoms with van der Waals surface area (Å²) in [4.78, 5) is 5.35. The fourth-order valence-corrected chi connectivity index (χ4v) is 5.70. The highest BCUT2D eigenvalue weighted by Gasteiger charge is 2.18. The lowest BCUT2D eigenvalue weighted by atomic mass is 10.1. The minimum absolute atomic E-state index is 0.330. The Balaban J connectivity index is 1.72. The van der Waals surface area contributed by atoms with Crippen molar-refractivity contribution in [2.24, 2.45) is 0 Å². The summed E-state index contributed by atoms with van der Waals surface area (Å²) in [5, 5.41) is 10.4. The topological polar surface area (TPSA) is 20.2 Å². The van der Waals surface area contributed by atoms with Crippen molar-refractivity contribution in [2.45, 2.75) is 38.0 Å². The van der Waals surface area contributed by atoms with E-state index in [-0.39, 0.29) is 6.10 Å². The number of rotatable bonds is 4. The van der Waals surface area contributed by atoms with Gasteiger partial charge in [-0.2, -0.15) is 11.8 Å². The molecule has 2 aromatic heterocycles. The Morgan fingerprint density at radius 2 is 2.11 bits per heavy atom. The van der Waals surface area contributed by atoms with Crippen molar-refractivity contribution in [2.75, 3.05) is 5.75 Å². The van der Waals surface area contributed by atoms with Crippen molar-refractivity contribution in [1.29, 1.82) is 0 Å². The van der Waals surface area contributed by atoms with Crippen molar-refractivity contribution in [3.8, 4) is 0 Å². The van der Waals surface area contributed by atoms with E-state index in [4.69, 9.17) is 0 Å². The summed E-state index contributed by atoms with van der Waals surface area (Å²) < 4.78 is 0. The smallest absolute Gasteiger partial charge is 0.0930 e. The molecule has 0 aliphatic carbocycles. The number of thioether (sulfide) groups is 1. The molecule has 19 heavy (non-hydrogen) atoms. The summed E-state index contributed by atoms with van der Waals surface area (Å²) in [7, 11) is 0. The van der Waals surface area contributed by atoms with Gasteiger partial charge in [-0.25, -0.2) is 0 Å². The Kier molecular flexibility index (Phi) is 4.32. The first-order valence-corrected chi connectivity index (χ1v) is 9.50. The highest BCUT2D eigenvalue weighted by Crippen LogP contribution is 2.35. The summed E-state index contributed by atoms with van der Waals surface area (Å²) in [6.45, 7) is 2.18. The Morgan fingerprint density at radius 1 is 1.26 bits per heavy atom. The zero-order valence-electron chi connectivity index (χ0n) is 11.0. The molecule has 2 aromatic rings. The monoisotopic (exact) mass is 310 g/mol. The van der Waals surface area contributed by atoms with Crippen molar-refractivity contribution in [3.05, 3.63) is 43.3 Å². The summed E-state index contributed by atoms with van der Waals surface area (Å²) in [6.07, 6.45) is 2.70. The van der Waals surface area contributed by atoms with Crippen LogP contribution in [0.15, 0.2) is 18.2 Å². The quantitative estimate of drug-likeness (QED) is 0.901. The molecule has 1 unspecified atom stereocenters. The highest BCUT2D eigenvalue weighted by atomic mass is 32.2. The molecule has 0 spiro atoms. The molecular formula is C15H18OS3. The molecule has 1 aliphatic rings. The summed E-state index contributed by atoms with van der Waals surface area (Å²) in [5.41, 5.74) is 1.45. The Bertz CT molecular complexity index is 532. The maximum Gasteiger partial charge on any atom is 0.0930 e. The minimum Gasteiger partial charge on any atom is -0.387 e. The van der Waals surface area contributed by atoms with E-state index in [1.807, 2.05) is 34.4 Å². The van der Waals surface area contributed by atoms with Gasteiger partial charge in [-0.15, -0.1) is 22.7 Å². The molecular weight excluding hydrogens is 292 g/mol. The fraction of sp³-hybridized carbons (Fsp3) is 0.467. The normalized spacial score (nSPS) is 16.3. The van der Waals surface area contributed by atoms with Crippen LogP contribution in [-0.4, -0.2) is 10.9 Å². The second kappa shape index (κ2) is 6.00. The van der Waals surface area contributed by atoms with Gasteiger partial charge in [0.05, 0.1) is 6.10 Å². The second-order valence-corrected chi connectivity index (χ2v) is 8.37. The lowest BCUT2D eigenvalue weighted by molar-refractivity contribution is 0.183. The number of aliphatic hydroxyl groups is 1. The molecule has 4 heteroatoms. The van der Waals surface area contributed by atoms with E-state index in [0.717, 1.165) is 23.5 Å². The standard InChI is InChI=1S/C15H18OS3/c1-2-11-3-4-12(18-11)8-13(16)15-7-10-9-17-6-5-14(10)19-15/h3-4,7,13,16H,2,5-6,8-9H2,1H3. The highest BCUT2D eigenvalue weighted by molar-refractivity contribution is 7.98. The summed E-state index contributed by atoms with van der Waals surface area (Å²) in [6, 6.07) is 6.57. The van der Waals surface area contributed by atoms with Crippen LogP contribution >= 0.6 is 34.4 Å². The average molecular weight is 311 g/mol. The van der Waals surface area contributed by atoms with Gasteiger partial charge in [-0.1, -0.05) is 6.92 Å². The van der Waals surface area contributed by atoms with Crippen molar-refractivity contribution in [3.63, 3.8) is 0 Å². The molecule has 0 fully saturated rings. The van der Waals surface area contributed by atoms with E-state index in [9.17, 15) is 5.11 Å². The molecule has 0 aromatic carbocycles. The molecule has 102 valence electrons. The van der Waals surface area contributed by atoms with Gasteiger partial charge in [0.15, 0.2) is 0 Å². The molecule has 0 radical (unpaired) electrons. The Morgan fingerprint density at radius 3 is 2.84 bits per heavy atom. The van der Waals surface area contributed by atoms with Crippen LogP contribution in [0.25, 0.3) is 0 Å². The van der Waals surface area contributed by atoms with Crippen LogP contribution in [0.3, 0.4) is 0 Å². The zero-order valence-corrected chi connectivity index (χ0v) is 13.5. The molecule has 3 heterocycles. The molecule has 1 N–H and O–H groups in total. The van der Waals surface area contributed by atoms with Gasteiger partial charge in [0.25, 0.3) is 0 Å². The van der Waals surface area contributed by atoms with Crippen LogP contribution in [0, 0.1) is 0 Å². The average Bonchev–Trinajstić information content (AvgIpc) is 3.04. The minimum atomic E-state index is -0.330. The van der Waals surface area contributed by atoms with Gasteiger partial charge in [0, 0.05) is 31.7 Å². The van der Waals surface area contributed by atoms with E-state index in [1.54, 1.807) is 0 Å². The Hall–Kier alpha value is -0.290. The SMILES string of the molecule is CCc1ccc(CC(O)c2cc3c(s2)CCSC3)s1. The molecule has 0 amide bonds. The number of aryl methyl sites for hydroxylation is 2. The van der Waals surface area contributed by atoms with Gasteiger partial charge in [-0.3, -0.25) is 0 Å². The third-order valence-corrected chi connectivity index (χ3v) is 7.03. The number of hydrogen-bond donors (Lipinski definition) is 1. The molecule has 0 bridgehead atoms. The third-order valence-electron chi connectivity index (χ3n) is 3.44. The van der Waals surface area contributed by atoms with Gasteiger partial charge in [-0.05, 0) is 42.4 Å². The first-order valence-electron chi connectivity index (χ1n) is 6.71. The first kappa shape index (κ1) is 13.7. The van der Waals surface area contributed by atoms with Crippen LogP contribution in [0.2, 0.25) is 0 Å². The van der Waals surface area contributed by atoms with Crippen LogP contribution < -0.4 is 0 Å². The maximum absolute atomic E-state index is 10.4. The fourth-order valence-electron chi connectivity index (χ4n) is 2.35. The molecule has 3 rings (SSSR count). The summed E-state index contributed by atoms with van der Waals surface area (Å²) in [5.74, 6) is 2.35. The van der Waals surface area contributed by atoms with E-state index < -0.39 is 0 Å². The second-order valence-electron chi connectivity index (χ2n) is 4.84. The van der Waals surface area contributed by atoms with Crippen molar-refractivity contribution in [1.82, 2.24) is 0 Å². The van der Waals surface area contributed by atoms with Crippen LogP contribution in [0.1, 0.15) is 38.1 Å². The van der Waals surface area contributed by atoms with Gasteiger partial charge >= 0.3 is 0 Å². The third kappa shape index (κ3) is 3.07. The van der Waals surface area contributed by atoms with E-state index in [2.05, 4.69) is 25.1 Å². The number of aliphatic hydroxyl groups excluding tert-OH is 1. The maximum atomic E-state index is 10.4. The number of fused-ring (bicyclic) bond motifs is 1. The van der Waals surface area contributed by atoms with Gasteiger partial charge in [0.2, 0.25) is 0 Å². The van der Waals surface area contributed by atoms with Gasteiger partial charge in [0.1, 0.15) is 0 Å². The van der Waals surface area contributed by atoms with Crippen LogP contribution in [0.4, 0.5) is 0 Å². The lowest BCUT2D eigenvalue weighted by Crippen LogP contribution is -1.97. The van der Waals surface area contributed by atoms with E-state index in [0.29, 0.717) is 0 Å². The van der Waals surface area contributed by atoms with Crippen molar-refractivity contribution < 1.29 is 5.11 Å². The molecule has 0 saturated carbocycles. The van der Waals surface area contributed by atoms with Crippen molar-refractivity contribution >= 4 is 34.4 Å². The van der Waals surface area contributed by atoms with Crippen LogP contribution in [-0.2, 0) is 25.0 Å². The van der Waals surface area contributed by atoms with Gasteiger partial charge < -0.3 is 5.11 Å². The summed E-state index contributed by atoms with van der Waals surface area (Å²) >= 11 is 5.65. The predicted molar refractivity (Wildman–Crippen MR) is 86.5 cm³/mol. The molecule has 1 nitrogen and oxygen atoms in total. The predicted octanol–water partition coefficient (Wildman–Crippen LogP) is 4.44. The first-order chi connectivity index (χ1) is 9.26. The molecule has 1 atom stereocenters. The molecule has 0 saturated heterocycles. The number of thiophene rings is 2. The Labute approximate surface area is 126 Å². The number of hydrogen-bond acceptors (Lipinski definition) is 4. The van der Waals surface area contributed by atoms with E-state index in [1.165, 1.54) is 32.4 Å². The largest absolute Gasteiger partial charge is 0.387 e. The van der Waals surface area contributed by atoms with Crippen LogP contribution in [0.5, 0.6) is 0 Å². The zero-order chi connectivity index (χ0) is 13.2.